The first-order valence-corrected chi connectivity index (χ1v) is 9.64. The van der Waals surface area contributed by atoms with Crippen LogP contribution in [0.1, 0.15) is 24.8 Å². The fourth-order valence-corrected chi connectivity index (χ4v) is 3.45. The summed E-state index contributed by atoms with van der Waals surface area (Å²) in [6.07, 6.45) is 5.69. The molecule has 28 heavy (non-hydrogen) atoms. The van der Waals surface area contributed by atoms with Crippen LogP contribution in [0.4, 0.5) is 11.5 Å². The first-order valence-electron chi connectivity index (χ1n) is 9.64. The smallest absolute Gasteiger partial charge is 0.227 e. The fourth-order valence-electron chi connectivity index (χ4n) is 3.45. The number of carbonyl (C=O) groups is 2. The van der Waals surface area contributed by atoms with Crippen LogP contribution in [-0.2, 0) is 16.0 Å². The molecule has 1 fully saturated rings. The van der Waals surface area contributed by atoms with Crippen molar-refractivity contribution >= 4 is 23.3 Å². The van der Waals surface area contributed by atoms with Gasteiger partial charge in [0.05, 0.1) is 6.20 Å². The molecule has 0 spiro atoms. The van der Waals surface area contributed by atoms with Gasteiger partial charge in [-0.05, 0) is 24.8 Å². The molecule has 1 aliphatic heterocycles. The molecule has 0 atom stereocenters. The summed E-state index contributed by atoms with van der Waals surface area (Å²) in [4.78, 5) is 37.0. The van der Waals surface area contributed by atoms with Crippen LogP contribution in [0.5, 0.6) is 0 Å². The highest BCUT2D eigenvalue weighted by atomic mass is 16.2. The van der Waals surface area contributed by atoms with E-state index in [1.54, 1.807) is 6.20 Å². The summed E-state index contributed by atoms with van der Waals surface area (Å²) < 4.78 is 0. The fraction of sp³-hybridized carbons (Fsp3) is 0.429. The number of nitrogens with one attached hydrogen (secondary N) is 1. The van der Waals surface area contributed by atoms with E-state index in [0.717, 1.165) is 6.42 Å². The number of aromatic nitrogens is 2. The van der Waals surface area contributed by atoms with Gasteiger partial charge in [0.2, 0.25) is 11.8 Å². The number of piperidine rings is 1. The third-order valence-electron chi connectivity index (χ3n) is 5.06. The molecule has 1 saturated heterocycles. The standard InChI is InChI=1S/C21H27N5O2/c1-25(2)20-18(14-22-15-23-20)24-21(28)17-10-12-26(13-11-17)19(27)9-8-16-6-4-3-5-7-16/h3-7,14-15,17H,8-13H2,1-2H3,(H,24,28). The summed E-state index contributed by atoms with van der Waals surface area (Å²) in [5.41, 5.74) is 1.78. The quantitative estimate of drug-likeness (QED) is 0.831. The van der Waals surface area contributed by atoms with Crippen LogP contribution in [0.15, 0.2) is 42.9 Å². The van der Waals surface area contributed by atoms with Crippen molar-refractivity contribution in [2.75, 3.05) is 37.4 Å². The van der Waals surface area contributed by atoms with Gasteiger partial charge in [-0.3, -0.25) is 9.59 Å². The van der Waals surface area contributed by atoms with Crippen LogP contribution < -0.4 is 10.2 Å². The van der Waals surface area contributed by atoms with Crippen molar-refractivity contribution in [2.45, 2.75) is 25.7 Å². The van der Waals surface area contributed by atoms with Gasteiger partial charge < -0.3 is 15.1 Å². The van der Waals surface area contributed by atoms with Gasteiger partial charge in [0.25, 0.3) is 0 Å². The molecule has 1 aliphatic rings. The van der Waals surface area contributed by atoms with Crippen molar-refractivity contribution in [3.63, 3.8) is 0 Å². The summed E-state index contributed by atoms with van der Waals surface area (Å²) in [5.74, 6) is 0.702. The number of anilines is 2. The number of likely N-dealkylation sites (tertiary alicyclic amines) is 1. The largest absolute Gasteiger partial charge is 0.361 e. The Hall–Kier alpha value is -2.96. The molecule has 1 aromatic heterocycles. The van der Waals surface area contributed by atoms with Crippen LogP contribution >= 0.6 is 0 Å². The first-order chi connectivity index (χ1) is 13.5. The highest BCUT2D eigenvalue weighted by Gasteiger charge is 2.27. The zero-order valence-electron chi connectivity index (χ0n) is 16.5. The zero-order valence-corrected chi connectivity index (χ0v) is 16.5. The molecule has 1 aromatic carbocycles. The van der Waals surface area contributed by atoms with Crippen molar-refractivity contribution in [1.29, 1.82) is 0 Å². The predicted octanol–water partition coefficient (Wildman–Crippen LogP) is 2.35. The number of amides is 2. The van der Waals surface area contributed by atoms with Crippen LogP contribution in [0.3, 0.4) is 0 Å². The topological polar surface area (TPSA) is 78.4 Å². The maximum atomic E-state index is 12.6. The van der Waals surface area contributed by atoms with Gasteiger partial charge in [0, 0.05) is 39.5 Å². The van der Waals surface area contributed by atoms with Crippen LogP contribution in [0, 0.1) is 5.92 Å². The van der Waals surface area contributed by atoms with E-state index < -0.39 is 0 Å². The molecular formula is C21H27N5O2. The minimum atomic E-state index is -0.103. The lowest BCUT2D eigenvalue weighted by Crippen LogP contribution is -2.41. The van der Waals surface area contributed by atoms with Gasteiger partial charge in [-0.1, -0.05) is 30.3 Å². The highest BCUT2D eigenvalue weighted by Crippen LogP contribution is 2.23. The Bertz CT molecular complexity index is 801. The Balaban J connectivity index is 1.48. The molecule has 7 nitrogen and oxygen atoms in total. The number of nitrogens with zero attached hydrogens (tertiary/aromatic N) is 4. The SMILES string of the molecule is CN(C)c1ncncc1NC(=O)C1CCN(C(=O)CCc2ccccc2)CC1. The lowest BCUT2D eigenvalue weighted by atomic mass is 9.95. The molecule has 2 amide bonds. The lowest BCUT2D eigenvalue weighted by Gasteiger charge is -2.31. The molecule has 1 N–H and O–H groups in total. The van der Waals surface area contributed by atoms with Crippen molar-refractivity contribution in [3.8, 4) is 0 Å². The molecule has 0 unspecified atom stereocenters. The van der Waals surface area contributed by atoms with E-state index in [9.17, 15) is 9.59 Å². The Morgan fingerprint density at radius 1 is 1.18 bits per heavy atom. The molecule has 2 heterocycles. The van der Waals surface area contributed by atoms with Gasteiger partial charge in [0.1, 0.15) is 12.0 Å². The molecule has 0 saturated carbocycles. The van der Waals surface area contributed by atoms with Crippen molar-refractivity contribution in [1.82, 2.24) is 14.9 Å². The Morgan fingerprint density at radius 3 is 2.57 bits per heavy atom. The molecule has 7 heteroatoms. The minimum absolute atomic E-state index is 0.0331. The maximum absolute atomic E-state index is 12.6. The average molecular weight is 381 g/mol. The molecular weight excluding hydrogens is 354 g/mol. The summed E-state index contributed by atoms with van der Waals surface area (Å²) in [6.45, 7) is 1.25. The average Bonchev–Trinajstić information content (AvgIpc) is 2.73. The van der Waals surface area contributed by atoms with Gasteiger partial charge in [-0.25, -0.2) is 9.97 Å². The molecule has 2 aromatic rings. The Morgan fingerprint density at radius 2 is 1.89 bits per heavy atom. The van der Waals surface area contributed by atoms with E-state index in [1.165, 1.54) is 11.9 Å². The molecule has 3 rings (SSSR count). The van der Waals surface area contributed by atoms with E-state index in [-0.39, 0.29) is 17.7 Å². The van der Waals surface area contributed by atoms with Crippen molar-refractivity contribution < 1.29 is 9.59 Å². The number of hydrogen-bond acceptors (Lipinski definition) is 5. The minimum Gasteiger partial charge on any atom is -0.361 e. The monoisotopic (exact) mass is 381 g/mol. The number of benzene rings is 1. The summed E-state index contributed by atoms with van der Waals surface area (Å²) >= 11 is 0. The zero-order chi connectivity index (χ0) is 19.9. The molecule has 0 aliphatic carbocycles. The van der Waals surface area contributed by atoms with E-state index >= 15 is 0 Å². The number of aryl methyl sites for hydroxylation is 1. The first kappa shape index (κ1) is 19.8. The molecule has 0 radical (unpaired) electrons. The van der Waals surface area contributed by atoms with Crippen molar-refractivity contribution in [3.05, 3.63) is 48.4 Å². The normalized spacial score (nSPS) is 14.6. The van der Waals surface area contributed by atoms with E-state index in [4.69, 9.17) is 0 Å². The number of hydrogen-bond donors (Lipinski definition) is 1. The lowest BCUT2D eigenvalue weighted by molar-refractivity contribution is -0.134. The van der Waals surface area contributed by atoms with E-state index in [2.05, 4.69) is 15.3 Å². The summed E-state index contributed by atoms with van der Waals surface area (Å²) in [6, 6.07) is 10.0. The Kier molecular flexibility index (Phi) is 6.57. The maximum Gasteiger partial charge on any atom is 0.227 e. The summed E-state index contributed by atoms with van der Waals surface area (Å²) in [7, 11) is 3.75. The molecule has 0 bridgehead atoms. The van der Waals surface area contributed by atoms with Crippen LogP contribution in [0.2, 0.25) is 0 Å². The van der Waals surface area contributed by atoms with Gasteiger partial charge >= 0.3 is 0 Å². The second-order valence-electron chi connectivity index (χ2n) is 7.28. The van der Waals surface area contributed by atoms with Crippen LogP contribution in [-0.4, -0.2) is 53.9 Å². The summed E-state index contributed by atoms with van der Waals surface area (Å²) in [5, 5.41) is 2.94. The molecule has 148 valence electrons. The number of rotatable bonds is 6. The van der Waals surface area contributed by atoms with Crippen LogP contribution in [0.25, 0.3) is 0 Å². The number of carbonyl (C=O) groups excluding carboxylic acids is 2. The van der Waals surface area contributed by atoms with E-state index in [1.807, 2.05) is 54.2 Å². The van der Waals surface area contributed by atoms with Gasteiger partial charge in [-0.15, -0.1) is 0 Å². The Labute approximate surface area is 165 Å². The third kappa shape index (κ3) is 5.06. The second kappa shape index (κ2) is 9.30. The van der Waals surface area contributed by atoms with Crippen molar-refractivity contribution in [2.24, 2.45) is 5.92 Å². The van der Waals surface area contributed by atoms with Gasteiger partial charge in [0.15, 0.2) is 5.82 Å². The highest BCUT2D eigenvalue weighted by molar-refractivity contribution is 5.95. The second-order valence-corrected chi connectivity index (χ2v) is 7.28. The predicted molar refractivity (Wildman–Crippen MR) is 109 cm³/mol. The van der Waals surface area contributed by atoms with E-state index in [0.29, 0.717) is 43.9 Å². The van der Waals surface area contributed by atoms with Gasteiger partial charge in [-0.2, -0.15) is 0 Å². The third-order valence-corrected chi connectivity index (χ3v) is 5.06.